The molecular formula is C14H13BrN4. The highest BCUT2D eigenvalue weighted by Gasteiger charge is 2.05. The molecule has 0 bridgehead atoms. The summed E-state index contributed by atoms with van der Waals surface area (Å²) in [7, 11) is 0. The van der Waals surface area contributed by atoms with Crippen LogP contribution in [-0.4, -0.2) is 15.0 Å². The fourth-order valence-electron chi connectivity index (χ4n) is 2.02. The zero-order valence-corrected chi connectivity index (χ0v) is 12.0. The Kier molecular flexibility index (Phi) is 3.21. The number of pyridine rings is 1. The standard InChI is InChI=1S/C14H13BrN4/c1-9-13(19-8-18-9)7-16-12-4-2-3-10-5-11(15)6-17-14(10)12/h2-6,8,16H,7H2,1H3,(H,18,19). The molecule has 0 saturated carbocycles. The SMILES string of the molecule is Cc1[nH]cnc1CNc1cccc2cc(Br)cnc12. The highest BCUT2D eigenvalue weighted by molar-refractivity contribution is 9.10. The molecule has 2 aromatic heterocycles. The maximum Gasteiger partial charge on any atom is 0.0934 e. The molecule has 0 atom stereocenters. The third-order valence-electron chi connectivity index (χ3n) is 3.06. The van der Waals surface area contributed by atoms with Gasteiger partial charge in [-0.15, -0.1) is 0 Å². The minimum atomic E-state index is 0.687. The second kappa shape index (κ2) is 5.01. The third kappa shape index (κ3) is 2.46. The van der Waals surface area contributed by atoms with Gasteiger partial charge in [0.25, 0.3) is 0 Å². The number of nitrogens with one attached hydrogen (secondary N) is 2. The number of halogens is 1. The van der Waals surface area contributed by atoms with Crippen LogP contribution in [0.4, 0.5) is 5.69 Å². The number of aromatic amines is 1. The number of hydrogen-bond acceptors (Lipinski definition) is 3. The van der Waals surface area contributed by atoms with Gasteiger partial charge >= 0.3 is 0 Å². The van der Waals surface area contributed by atoms with Crippen LogP contribution in [0.2, 0.25) is 0 Å². The van der Waals surface area contributed by atoms with Gasteiger partial charge in [0.15, 0.2) is 0 Å². The lowest BCUT2D eigenvalue weighted by Gasteiger charge is -2.08. The van der Waals surface area contributed by atoms with E-state index in [1.54, 1.807) is 6.33 Å². The van der Waals surface area contributed by atoms with Gasteiger partial charge in [-0.05, 0) is 35.0 Å². The number of imidazole rings is 1. The normalized spacial score (nSPS) is 10.8. The van der Waals surface area contributed by atoms with Crippen molar-refractivity contribution >= 4 is 32.5 Å². The number of para-hydroxylation sites is 1. The van der Waals surface area contributed by atoms with Gasteiger partial charge in [-0.3, -0.25) is 4.98 Å². The molecule has 3 rings (SSSR count). The number of hydrogen-bond donors (Lipinski definition) is 2. The lowest BCUT2D eigenvalue weighted by molar-refractivity contribution is 1.05. The van der Waals surface area contributed by atoms with Crippen molar-refractivity contribution in [2.24, 2.45) is 0 Å². The summed E-state index contributed by atoms with van der Waals surface area (Å²) < 4.78 is 0.986. The average Bonchev–Trinajstić information content (AvgIpc) is 2.81. The molecule has 0 spiro atoms. The van der Waals surface area contributed by atoms with Gasteiger partial charge < -0.3 is 10.3 Å². The first-order chi connectivity index (χ1) is 9.24. The van der Waals surface area contributed by atoms with Gasteiger partial charge in [-0.2, -0.15) is 0 Å². The molecule has 0 saturated heterocycles. The predicted molar refractivity (Wildman–Crippen MR) is 80.1 cm³/mol. The Morgan fingerprint density at radius 2 is 2.21 bits per heavy atom. The highest BCUT2D eigenvalue weighted by atomic mass is 79.9. The van der Waals surface area contributed by atoms with E-state index < -0.39 is 0 Å². The van der Waals surface area contributed by atoms with Gasteiger partial charge in [0.2, 0.25) is 0 Å². The van der Waals surface area contributed by atoms with Crippen LogP contribution >= 0.6 is 15.9 Å². The van der Waals surface area contributed by atoms with Crippen molar-refractivity contribution in [3.05, 3.63) is 52.7 Å². The summed E-state index contributed by atoms with van der Waals surface area (Å²) in [6, 6.07) is 8.17. The molecule has 4 nitrogen and oxygen atoms in total. The molecule has 0 radical (unpaired) electrons. The number of H-pyrrole nitrogens is 1. The second-order valence-corrected chi connectivity index (χ2v) is 5.27. The Hall–Kier alpha value is -1.88. The monoisotopic (exact) mass is 316 g/mol. The maximum absolute atomic E-state index is 4.47. The first kappa shape index (κ1) is 12.2. The summed E-state index contributed by atoms with van der Waals surface area (Å²) in [6.07, 6.45) is 3.53. The van der Waals surface area contributed by atoms with Crippen LogP contribution in [0.15, 0.2) is 41.3 Å². The molecular weight excluding hydrogens is 304 g/mol. The summed E-state index contributed by atoms with van der Waals surface area (Å²) in [6.45, 7) is 2.70. The quantitative estimate of drug-likeness (QED) is 0.775. The van der Waals surface area contributed by atoms with Gasteiger partial charge in [0.05, 0.1) is 29.8 Å². The van der Waals surface area contributed by atoms with E-state index in [2.05, 4.69) is 48.3 Å². The van der Waals surface area contributed by atoms with Crippen molar-refractivity contribution in [2.45, 2.75) is 13.5 Å². The average molecular weight is 317 g/mol. The molecule has 0 amide bonds. The van der Waals surface area contributed by atoms with Crippen molar-refractivity contribution in [3.8, 4) is 0 Å². The smallest absolute Gasteiger partial charge is 0.0934 e. The second-order valence-electron chi connectivity index (χ2n) is 4.36. The van der Waals surface area contributed by atoms with Crippen molar-refractivity contribution < 1.29 is 0 Å². The molecule has 2 heterocycles. The number of anilines is 1. The number of aromatic nitrogens is 3. The lowest BCUT2D eigenvalue weighted by atomic mass is 10.2. The van der Waals surface area contributed by atoms with E-state index in [0.29, 0.717) is 6.54 Å². The van der Waals surface area contributed by atoms with Crippen molar-refractivity contribution in [2.75, 3.05) is 5.32 Å². The van der Waals surface area contributed by atoms with E-state index in [9.17, 15) is 0 Å². The van der Waals surface area contributed by atoms with E-state index in [1.165, 1.54) is 0 Å². The Balaban J connectivity index is 1.91. The molecule has 0 aliphatic rings. The minimum absolute atomic E-state index is 0.687. The van der Waals surface area contributed by atoms with Crippen LogP contribution in [0.5, 0.6) is 0 Å². The Labute approximate surface area is 119 Å². The number of fused-ring (bicyclic) bond motifs is 1. The predicted octanol–water partition coefficient (Wildman–Crippen LogP) is 3.64. The lowest BCUT2D eigenvalue weighted by Crippen LogP contribution is -2.02. The zero-order valence-electron chi connectivity index (χ0n) is 10.4. The van der Waals surface area contributed by atoms with E-state index in [4.69, 9.17) is 0 Å². The highest BCUT2D eigenvalue weighted by Crippen LogP contribution is 2.24. The first-order valence-corrected chi connectivity index (χ1v) is 6.80. The van der Waals surface area contributed by atoms with E-state index >= 15 is 0 Å². The fraction of sp³-hybridized carbons (Fsp3) is 0.143. The number of aryl methyl sites for hydroxylation is 1. The van der Waals surface area contributed by atoms with Crippen LogP contribution in [0.25, 0.3) is 10.9 Å². The molecule has 2 N–H and O–H groups in total. The molecule has 0 unspecified atom stereocenters. The molecule has 96 valence electrons. The van der Waals surface area contributed by atoms with Crippen LogP contribution in [-0.2, 0) is 6.54 Å². The van der Waals surface area contributed by atoms with Gasteiger partial charge in [-0.1, -0.05) is 12.1 Å². The van der Waals surface area contributed by atoms with E-state index in [0.717, 1.165) is 32.5 Å². The van der Waals surface area contributed by atoms with Crippen LogP contribution in [0.3, 0.4) is 0 Å². The van der Waals surface area contributed by atoms with Crippen LogP contribution in [0.1, 0.15) is 11.4 Å². The molecule has 1 aromatic carbocycles. The molecule has 3 aromatic rings. The number of rotatable bonds is 3. The van der Waals surface area contributed by atoms with Gasteiger partial charge in [-0.25, -0.2) is 4.98 Å². The molecule has 0 fully saturated rings. The Morgan fingerprint density at radius 1 is 1.32 bits per heavy atom. The zero-order chi connectivity index (χ0) is 13.2. The van der Waals surface area contributed by atoms with Crippen molar-refractivity contribution in [3.63, 3.8) is 0 Å². The third-order valence-corrected chi connectivity index (χ3v) is 3.49. The summed E-state index contributed by atoms with van der Waals surface area (Å²) in [5, 5.41) is 4.50. The Morgan fingerprint density at radius 3 is 3.00 bits per heavy atom. The summed E-state index contributed by atoms with van der Waals surface area (Å²) in [5.41, 5.74) is 4.10. The largest absolute Gasteiger partial charge is 0.378 e. The van der Waals surface area contributed by atoms with Crippen molar-refractivity contribution in [1.29, 1.82) is 0 Å². The van der Waals surface area contributed by atoms with E-state index in [1.807, 2.05) is 25.3 Å². The molecule has 0 aliphatic carbocycles. The summed E-state index contributed by atoms with van der Waals surface area (Å²) >= 11 is 3.44. The fourth-order valence-corrected chi connectivity index (χ4v) is 2.37. The molecule has 19 heavy (non-hydrogen) atoms. The summed E-state index contributed by atoms with van der Waals surface area (Å²) in [4.78, 5) is 11.8. The van der Waals surface area contributed by atoms with Gasteiger partial charge in [0, 0.05) is 21.7 Å². The van der Waals surface area contributed by atoms with Gasteiger partial charge in [0.1, 0.15) is 0 Å². The van der Waals surface area contributed by atoms with Crippen LogP contribution in [0, 0.1) is 6.92 Å². The minimum Gasteiger partial charge on any atom is -0.378 e. The molecule has 0 aliphatic heterocycles. The van der Waals surface area contributed by atoms with Crippen molar-refractivity contribution in [1.82, 2.24) is 15.0 Å². The van der Waals surface area contributed by atoms with E-state index in [-0.39, 0.29) is 0 Å². The summed E-state index contributed by atoms with van der Waals surface area (Å²) in [5.74, 6) is 0. The number of nitrogens with zero attached hydrogens (tertiary/aromatic N) is 2. The first-order valence-electron chi connectivity index (χ1n) is 6.01. The number of benzene rings is 1. The topological polar surface area (TPSA) is 53.6 Å². The maximum atomic E-state index is 4.47. The Bertz CT molecular complexity index is 720. The van der Waals surface area contributed by atoms with Crippen LogP contribution < -0.4 is 5.32 Å². The molecule has 5 heteroatoms.